The van der Waals surface area contributed by atoms with Gasteiger partial charge in [-0.1, -0.05) is 38.1 Å². The summed E-state index contributed by atoms with van der Waals surface area (Å²) in [6.07, 6.45) is 2.51. The highest BCUT2D eigenvalue weighted by atomic mass is 16.4. The molecule has 1 aliphatic rings. The Morgan fingerprint density at radius 3 is 2.36 bits per heavy atom. The van der Waals surface area contributed by atoms with Crippen LogP contribution in [-0.2, 0) is 4.79 Å². The Morgan fingerprint density at radius 2 is 1.82 bits per heavy atom. The van der Waals surface area contributed by atoms with Crippen molar-refractivity contribution < 1.29 is 19.5 Å². The van der Waals surface area contributed by atoms with Gasteiger partial charge in [0.1, 0.15) is 5.78 Å². The summed E-state index contributed by atoms with van der Waals surface area (Å²) in [5.74, 6) is -2.27. The summed E-state index contributed by atoms with van der Waals surface area (Å²) in [5.41, 5.74) is 0.641. The Bertz CT molecular complexity index is 833. The molecule has 1 fully saturated rings. The molecule has 5 nitrogen and oxygen atoms in total. The first-order valence-electron chi connectivity index (χ1n) is 9.60. The van der Waals surface area contributed by atoms with Crippen molar-refractivity contribution in [1.82, 2.24) is 0 Å². The van der Waals surface area contributed by atoms with Crippen LogP contribution in [0.3, 0.4) is 0 Å². The highest BCUT2D eigenvalue weighted by Gasteiger charge is 2.43. The summed E-state index contributed by atoms with van der Waals surface area (Å²) in [6, 6.07) is 8.13. The van der Waals surface area contributed by atoms with Gasteiger partial charge < -0.3 is 5.11 Å². The first-order chi connectivity index (χ1) is 13.1. The number of carbonyl (C=O) groups is 3. The summed E-state index contributed by atoms with van der Waals surface area (Å²) in [6.45, 7) is 9.50. The van der Waals surface area contributed by atoms with Crippen LogP contribution < -0.4 is 0 Å². The molecule has 1 aromatic rings. The average molecular weight is 381 g/mol. The minimum atomic E-state index is -1.04. The molecule has 0 radical (unpaired) electrons. The van der Waals surface area contributed by atoms with Crippen LogP contribution in [0, 0.1) is 34.5 Å². The zero-order chi connectivity index (χ0) is 21.1. The van der Waals surface area contributed by atoms with E-state index in [4.69, 9.17) is 5.11 Å². The van der Waals surface area contributed by atoms with Gasteiger partial charge in [0.15, 0.2) is 5.78 Å². The molecule has 28 heavy (non-hydrogen) atoms. The maximum atomic E-state index is 13.0. The van der Waals surface area contributed by atoms with E-state index in [1.165, 1.54) is 24.3 Å². The number of rotatable bonds is 7. The van der Waals surface area contributed by atoms with E-state index >= 15 is 0 Å². The Kier molecular flexibility index (Phi) is 6.56. The Hall–Kier alpha value is -2.74. The topological polar surface area (TPSA) is 95.2 Å². The first-order valence-corrected chi connectivity index (χ1v) is 9.60. The molecule has 1 aliphatic carbocycles. The van der Waals surface area contributed by atoms with Crippen molar-refractivity contribution in [3.05, 3.63) is 47.5 Å². The number of benzene rings is 1. The molecular formula is C23H27NO4. The van der Waals surface area contributed by atoms with Crippen LogP contribution >= 0.6 is 0 Å². The lowest BCUT2D eigenvalue weighted by Gasteiger charge is -2.37. The first kappa shape index (κ1) is 21.6. The van der Waals surface area contributed by atoms with Crippen molar-refractivity contribution in [3.63, 3.8) is 0 Å². The predicted molar refractivity (Wildman–Crippen MR) is 106 cm³/mol. The molecule has 1 aromatic carbocycles. The van der Waals surface area contributed by atoms with Crippen molar-refractivity contribution >= 4 is 17.5 Å². The summed E-state index contributed by atoms with van der Waals surface area (Å²) in [4.78, 5) is 36.7. The molecule has 0 aromatic heterocycles. The highest BCUT2D eigenvalue weighted by molar-refractivity contribution is 5.99. The lowest BCUT2D eigenvalue weighted by atomic mass is 9.63. The van der Waals surface area contributed by atoms with Crippen molar-refractivity contribution in [3.8, 4) is 6.07 Å². The van der Waals surface area contributed by atoms with Gasteiger partial charge in [-0.25, -0.2) is 4.79 Å². The van der Waals surface area contributed by atoms with Gasteiger partial charge in [0.05, 0.1) is 23.0 Å². The SMILES string of the molecule is C=C1CCCC(C)(C#N)C1C(=O)CC(C)C(C)C(=O)c1ccc(C(=O)O)cc1. The van der Waals surface area contributed by atoms with Gasteiger partial charge >= 0.3 is 5.97 Å². The quantitative estimate of drug-likeness (QED) is 0.546. The number of carbonyl (C=O) groups excluding carboxylic acids is 2. The Morgan fingerprint density at radius 1 is 1.25 bits per heavy atom. The van der Waals surface area contributed by atoms with E-state index in [0.717, 1.165) is 18.4 Å². The minimum Gasteiger partial charge on any atom is -0.478 e. The largest absolute Gasteiger partial charge is 0.478 e. The number of ketones is 2. The number of carboxylic acids is 1. The molecular weight excluding hydrogens is 354 g/mol. The molecule has 4 unspecified atom stereocenters. The Labute approximate surface area is 166 Å². The van der Waals surface area contributed by atoms with Gasteiger partial charge in [-0.05, 0) is 44.2 Å². The molecule has 0 saturated heterocycles. The van der Waals surface area contributed by atoms with Crippen LogP contribution in [0.5, 0.6) is 0 Å². The predicted octanol–water partition coefficient (Wildman–Crippen LogP) is 4.69. The van der Waals surface area contributed by atoms with Crippen molar-refractivity contribution in [1.29, 1.82) is 5.26 Å². The zero-order valence-electron chi connectivity index (χ0n) is 16.7. The molecule has 5 heteroatoms. The standard InChI is InChI=1S/C23H27NO4/c1-14-6-5-11-23(4,13-24)20(14)19(25)12-15(2)16(3)21(26)17-7-9-18(10-8-17)22(27)28/h7-10,15-16,20H,1,5-6,11-12H2,2-4H3,(H,27,28). The second kappa shape index (κ2) is 8.52. The molecule has 0 heterocycles. The number of hydrogen-bond donors (Lipinski definition) is 1. The third kappa shape index (κ3) is 4.39. The summed E-state index contributed by atoms with van der Waals surface area (Å²) >= 11 is 0. The van der Waals surface area contributed by atoms with Crippen LogP contribution in [0.15, 0.2) is 36.4 Å². The fourth-order valence-electron chi connectivity index (χ4n) is 4.04. The zero-order valence-corrected chi connectivity index (χ0v) is 16.7. The van der Waals surface area contributed by atoms with E-state index < -0.39 is 23.2 Å². The number of allylic oxidation sites excluding steroid dienone is 1. The van der Waals surface area contributed by atoms with Crippen LogP contribution in [0.4, 0.5) is 0 Å². The van der Waals surface area contributed by atoms with Gasteiger partial charge in [-0.15, -0.1) is 0 Å². The van der Waals surface area contributed by atoms with Gasteiger partial charge in [-0.3, -0.25) is 9.59 Å². The van der Waals surface area contributed by atoms with Gasteiger partial charge in [0.2, 0.25) is 0 Å². The molecule has 2 rings (SSSR count). The molecule has 1 saturated carbocycles. The van der Waals surface area contributed by atoms with Crippen molar-refractivity contribution in [2.45, 2.75) is 46.5 Å². The van der Waals surface area contributed by atoms with Crippen molar-refractivity contribution in [2.75, 3.05) is 0 Å². The molecule has 4 atom stereocenters. The fraction of sp³-hybridized carbons (Fsp3) is 0.478. The smallest absolute Gasteiger partial charge is 0.335 e. The van der Waals surface area contributed by atoms with Gasteiger partial charge in [0.25, 0.3) is 0 Å². The number of Topliss-reactive ketones (excluding diaryl/α,β-unsaturated/α-hetero) is 2. The number of nitriles is 1. The van der Waals surface area contributed by atoms with E-state index in [-0.39, 0.29) is 29.5 Å². The normalized spacial score (nSPS) is 24.1. The van der Waals surface area contributed by atoms with E-state index in [2.05, 4.69) is 12.6 Å². The van der Waals surface area contributed by atoms with Crippen LogP contribution in [0.1, 0.15) is 67.2 Å². The number of aromatic carboxylic acids is 1. The highest BCUT2D eigenvalue weighted by Crippen LogP contribution is 2.44. The molecule has 0 bridgehead atoms. The van der Waals surface area contributed by atoms with E-state index in [1.54, 1.807) is 6.92 Å². The van der Waals surface area contributed by atoms with Crippen LogP contribution in [0.2, 0.25) is 0 Å². The second-order valence-electron chi connectivity index (χ2n) is 8.16. The molecule has 0 aliphatic heterocycles. The van der Waals surface area contributed by atoms with E-state index in [9.17, 15) is 19.6 Å². The lowest BCUT2D eigenvalue weighted by molar-refractivity contribution is -0.125. The summed E-state index contributed by atoms with van der Waals surface area (Å²) in [5, 5.41) is 18.6. The number of nitrogens with zero attached hydrogens (tertiary/aromatic N) is 1. The maximum Gasteiger partial charge on any atom is 0.335 e. The van der Waals surface area contributed by atoms with Crippen LogP contribution in [0.25, 0.3) is 0 Å². The number of carboxylic acid groups (broad SMARTS) is 1. The molecule has 1 N–H and O–H groups in total. The third-order valence-electron chi connectivity index (χ3n) is 6.02. The number of hydrogen-bond acceptors (Lipinski definition) is 4. The van der Waals surface area contributed by atoms with Gasteiger partial charge in [0, 0.05) is 17.9 Å². The fourth-order valence-corrected chi connectivity index (χ4v) is 4.04. The molecule has 0 amide bonds. The third-order valence-corrected chi connectivity index (χ3v) is 6.02. The monoisotopic (exact) mass is 381 g/mol. The van der Waals surface area contributed by atoms with E-state index in [1.807, 2.05) is 13.8 Å². The summed E-state index contributed by atoms with van der Waals surface area (Å²) < 4.78 is 0. The van der Waals surface area contributed by atoms with E-state index in [0.29, 0.717) is 12.0 Å². The maximum absolute atomic E-state index is 13.0. The molecule has 0 spiro atoms. The van der Waals surface area contributed by atoms with Crippen LogP contribution in [-0.4, -0.2) is 22.6 Å². The lowest BCUT2D eigenvalue weighted by Crippen LogP contribution is -2.38. The minimum absolute atomic E-state index is 0.0258. The molecule has 148 valence electrons. The second-order valence-corrected chi connectivity index (χ2v) is 8.16. The summed E-state index contributed by atoms with van der Waals surface area (Å²) in [7, 11) is 0. The van der Waals surface area contributed by atoms with Crippen molar-refractivity contribution in [2.24, 2.45) is 23.2 Å². The average Bonchev–Trinajstić information content (AvgIpc) is 2.66. The Balaban J connectivity index is 2.10. The van der Waals surface area contributed by atoms with Gasteiger partial charge in [-0.2, -0.15) is 5.26 Å².